The van der Waals surface area contributed by atoms with Crippen LogP contribution in [0.3, 0.4) is 0 Å². The molecule has 0 radical (unpaired) electrons. The first-order chi connectivity index (χ1) is 16.4. The first-order valence-corrected chi connectivity index (χ1v) is 11.3. The van der Waals surface area contributed by atoms with Gasteiger partial charge in [-0.3, -0.25) is 15.1 Å². The number of halogens is 1. The second-order valence-electron chi connectivity index (χ2n) is 8.29. The van der Waals surface area contributed by atoms with E-state index in [0.717, 1.165) is 28.8 Å². The van der Waals surface area contributed by atoms with E-state index >= 15 is 0 Å². The third-order valence-electron chi connectivity index (χ3n) is 5.11. The van der Waals surface area contributed by atoms with Crippen molar-refractivity contribution in [3.05, 3.63) is 95.8 Å². The van der Waals surface area contributed by atoms with Gasteiger partial charge in [0.1, 0.15) is 13.2 Å². The lowest BCUT2D eigenvalue weighted by molar-refractivity contribution is -0.136. The van der Waals surface area contributed by atoms with Crippen LogP contribution in [0.2, 0.25) is 0 Å². The van der Waals surface area contributed by atoms with Gasteiger partial charge in [-0.15, -0.1) is 0 Å². The molecule has 0 fully saturated rings. The summed E-state index contributed by atoms with van der Waals surface area (Å²) in [6, 6.07) is 22.9. The minimum absolute atomic E-state index is 0.00873. The normalized spacial score (nSPS) is 11.5. The molecule has 5 nitrogen and oxygen atoms in total. The molecule has 0 unspecified atom stereocenters. The Labute approximate surface area is 199 Å². The number of nitrogens with one attached hydrogen (secondary N) is 1. The molecule has 0 spiro atoms. The number of benzene rings is 3. The number of aliphatic carboxylic acids is 1. The average Bonchev–Trinajstić information content (AvgIpc) is 2.83. The molecule has 0 aliphatic rings. The minimum Gasteiger partial charge on any atom is -0.488 e. The van der Waals surface area contributed by atoms with E-state index in [0.29, 0.717) is 5.92 Å². The number of carboxylic acid groups (broad SMARTS) is 1. The molecule has 0 aliphatic carbocycles. The maximum absolute atomic E-state index is 14.4. The monoisotopic (exact) mass is 463 g/mol. The van der Waals surface area contributed by atoms with Gasteiger partial charge >= 0.3 is 5.97 Å². The summed E-state index contributed by atoms with van der Waals surface area (Å²) in [5.74, 6) is -1.26. The Morgan fingerprint density at radius 2 is 1.68 bits per heavy atom. The molecule has 2 N–H and O–H groups in total. The van der Waals surface area contributed by atoms with E-state index in [-0.39, 0.29) is 24.5 Å². The number of hydrogen-bond donors (Lipinski definition) is 2. The van der Waals surface area contributed by atoms with Gasteiger partial charge in [-0.05, 0) is 35.1 Å². The molecular formula is C28H30FNO4. The van der Waals surface area contributed by atoms with Crippen molar-refractivity contribution >= 4 is 11.7 Å². The molecule has 3 aromatic carbocycles. The number of carboxylic acids is 1. The van der Waals surface area contributed by atoms with E-state index < -0.39 is 18.2 Å². The molecule has 0 saturated carbocycles. The molecule has 0 atom stereocenters. The summed E-state index contributed by atoms with van der Waals surface area (Å²) in [7, 11) is 0. The van der Waals surface area contributed by atoms with E-state index in [4.69, 9.17) is 14.7 Å². The molecule has 3 rings (SSSR count). The SMILES string of the molecule is CC(C)CC=C(NOCCOc1cccc(CC(=O)O)c1F)c1ccc(-c2ccccc2)cc1. The molecule has 178 valence electrons. The van der Waals surface area contributed by atoms with E-state index in [1.54, 1.807) is 6.07 Å². The topological polar surface area (TPSA) is 67.8 Å². The number of hydrogen-bond acceptors (Lipinski definition) is 4. The predicted octanol–water partition coefficient (Wildman–Crippen LogP) is 6.11. The summed E-state index contributed by atoms with van der Waals surface area (Å²) in [6.45, 7) is 4.57. The van der Waals surface area contributed by atoms with Crippen LogP contribution in [0.1, 0.15) is 31.4 Å². The maximum Gasteiger partial charge on any atom is 0.307 e. The molecule has 0 heterocycles. The van der Waals surface area contributed by atoms with Crippen molar-refractivity contribution in [3.63, 3.8) is 0 Å². The summed E-state index contributed by atoms with van der Waals surface area (Å²) < 4.78 is 19.8. The zero-order valence-electron chi connectivity index (χ0n) is 19.5. The van der Waals surface area contributed by atoms with Gasteiger partial charge in [0.15, 0.2) is 11.6 Å². The highest BCUT2D eigenvalue weighted by atomic mass is 19.1. The van der Waals surface area contributed by atoms with Crippen molar-refractivity contribution in [3.8, 4) is 16.9 Å². The highest BCUT2D eigenvalue weighted by Gasteiger charge is 2.12. The van der Waals surface area contributed by atoms with Crippen molar-refractivity contribution in [1.29, 1.82) is 0 Å². The minimum atomic E-state index is -1.10. The van der Waals surface area contributed by atoms with E-state index in [9.17, 15) is 9.18 Å². The maximum atomic E-state index is 14.4. The zero-order valence-corrected chi connectivity index (χ0v) is 19.5. The fourth-order valence-corrected chi connectivity index (χ4v) is 3.33. The van der Waals surface area contributed by atoms with Crippen LogP contribution < -0.4 is 10.2 Å². The third kappa shape index (κ3) is 7.46. The van der Waals surface area contributed by atoms with Crippen molar-refractivity contribution in [2.75, 3.05) is 13.2 Å². The van der Waals surface area contributed by atoms with Crippen LogP contribution in [0.5, 0.6) is 5.75 Å². The van der Waals surface area contributed by atoms with Crippen LogP contribution in [-0.2, 0) is 16.1 Å². The van der Waals surface area contributed by atoms with E-state index in [1.807, 2.05) is 30.3 Å². The smallest absolute Gasteiger partial charge is 0.307 e. The summed E-state index contributed by atoms with van der Waals surface area (Å²) in [5, 5.41) is 8.88. The Balaban J connectivity index is 1.58. The summed E-state index contributed by atoms with van der Waals surface area (Å²) in [4.78, 5) is 16.5. The number of hydroxylamine groups is 1. The lowest BCUT2D eigenvalue weighted by Crippen LogP contribution is -2.18. The molecule has 0 amide bonds. The van der Waals surface area contributed by atoms with Gasteiger partial charge in [-0.1, -0.05) is 86.7 Å². The molecular weight excluding hydrogens is 433 g/mol. The van der Waals surface area contributed by atoms with E-state index in [1.165, 1.54) is 12.1 Å². The Morgan fingerprint density at radius 3 is 2.35 bits per heavy atom. The number of carbonyl (C=O) groups is 1. The van der Waals surface area contributed by atoms with Crippen molar-refractivity contribution in [2.45, 2.75) is 26.7 Å². The number of allylic oxidation sites excluding steroid dienone is 1. The molecule has 0 saturated heterocycles. The average molecular weight is 464 g/mol. The Kier molecular flexibility index (Phi) is 9.23. The fraction of sp³-hybridized carbons (Fsp3) is 0.250. The van der Waals surface area contributed by atoms with Crippen molar-refractivity contribution in [2.24, 2.45) is 5.92 Å². The van der Waals surface area contributed by atoms with Crippen molar-refractivity contribution < 1.29 is 23.9 Å². The predicted molar refractivity (Wildman–Crippen MR) is 132 cm³/mol. The highest BCUT2D eigenvalue weighted by Crippen LogP contribution is 2.23. The lowest BCUT2D eigenvalue weighted by Gasteiger charge is -2.14. The molecule has 0 bridgehead atoms. The van der Waals surface area contributed by atoms with Gasteiger partial charge in [0.05, 0.1) is 12.1 Å². The first kappa shape index (κ1) is 25.0. The second kappa shape index (κ2) is 12.6. The number of rotatable bonds is 12. The van der Waals surface area contributed by atoms with Crippen LogP contribution in [0.15, 0.2) is 78.9 Å². The van der Waals surface area contributed by atoms with Gasteiger partial charge < -0.3 is 9.84 Å². The van der Waals surface area contributed by atoms with Crippen LogP contribution >= 0.6 is 0 Å². The van der Waals surface area contributed by atoms with Crippen LogP contribution in [0, 0.1) is 11.7 Å². The van der Waals surface area contributed by atoms with E-state index in [2.05, 4.69) is 49.7 Å². The van der Waals surface area contributed by atoms with Crippen molar-refractivity contribution in [1.82, 2.24) is 5.48 Å². The standard InChI is InChI=1S/C28H30FNO4/c1-20(2)11-16-25(23-14-12-22(13-15-23)21-7-4-3-5-8-21)30-34-18-17-33-26-10-6-9-24(28(26)29)19-27(31)32/h3-10,12-16,20,30H,11,17-19H2,1-2H3,(H,31,32). The van der Waals surface area contributed by atoms with Gasteiger partial charge in [0.25, 0.3) is 0 Å². The molecule has 34 heavy (non-hydrogen) atoms. The van der Waals surface area contributed by atoms with Gasteiger partial charge in [-0.2, -0.15) is 0 Å². The van der Waals surface area contributed by atoms with Gasteiger partial charge in [0.2, 0.25) is 0 Å². The van der Waals surface area contributed by atoms with Gasteiger partial charge in [0, 0.05) is 5.56 Å². The van der Waals surface area contributed by atoms with Crippen LogP contribution in [0.4, 0.5) is 4.39 Å². The Bertz CT molecular complexity index is 1100. The Hall–Kier alpha value is -3.64. The number of ether oxygens (including phenoxy) is 1. The first-order valence-electron chi connectivity index (χ1n) is 11.3. The summed E-state index contributed by atoms with van der Waals surface area (Å²) in [5.41, 5.74) is 7.22. The quantitative estimate of drug-likeness (QED) is 0.251. The molecule has 0 aromatic heterocycles. The molecule has 3 aromatic rings. The second-order valence-corrected chi connectivity index (χ2v) is 8.29. The fourth-order valence-electron chi connectivity index (χ4n) is 3.33. The highest BCUT2D eigenvalue weighted by molar-refractivity contribution is 5.70. The largest absolute Gasteiger partial charge is 0.488 e. The van der Waals surface area contributed by atoms with Gasteiger partial charge in [-0.25, -0.2) is 4.39 Å². The third-order valence-corrected chi connectivity index (χ3v) is 5.11. The summed E-state index contributed by atoms with van der Waals surface area (Å²) >= 11 is 0. The lowest BCUT2D eigenvalue weighted by atomic mass is 10.0. The van der Waals surface area contributed by atoms with Crippen LogP contribution in [0.25, 0.3) is 16.8 Å². The summed E-state index contributed by atoms with van der Waals surface area (Å²) in [6.07, 6.45) is 2.58. The molecule has 6 heteroatoms. The Morgan fingerprint density at radius 1 is 0.971 bits per heavy atom. The molecule has 0 aliphatic heterocycles. The van der Waals surface area contributed by atoms with Crippen LogP contribution in [-0.4, -0.2) is 24.3 Å². The zero-order chi connectivity index (χ0) is 24.3.